The number of Topliss-reactive ketones (excluding diaryl/α,β-unsaturated/α-hetero) is 1. The monoisotopic (exact) mass is 354 g/mol. The molecule has 1 aromatic carbocycles. The lowest BCUT2D eigenvalue weighted by atomic mass is 10.1. The summed E-state index contributed by atoms with van der Waals surface area (Å²) in [5, 5.41) is 12.0. The van der Waals surface area contributed by atoms with Gasteiger partial charge in [0.1, 0.15) is 0 Å². The zero-order valence-electron chi connectivity index (χ0n) is 10.4. The van der Waals surface area contributed by atoms with E-state index in [1.165, 1.54) is 6.21 Å². The molecule has 2 rings (SSSR count). The van der Waals surface area contributed by atoms with Crippen molar-refractivity contribution in [2.75, 3.05) is 0 Å². The highest BCUT2D eigenvalue weighted by molar-refractivity contribution is 6.30. The van der Waals surface area contributed by atoms with Crippen LogP contribution in [0.4, 0.5) is 0 Å². The molecule has 0 saturated carbocycles. The lowest BCUT2D eigenvalue weighted by Gasteiger charge is -1.99. The zero-order chi connectivity index (χ0) is 13.7. The van der Waals surface area contributed by atoms with Crippen LogP contribution in [0.2, 0.25) is 5.02 Å². The van der Waals surface area contributed by atoms with E-state index in [4.69, 9.17) is 16.8 Å². The minimum absolute atomic E-state index is 0. The quantitative estimate of drug-likeness (QED) is 0.260. The summed E-state index contributed by atoms with van der Waals surface area (Å²) in [4.78, 5) is 12.0. The third-order valence-electron chi connectivity index (χ3n) is 2.62. The summed E-state index contributed by atoms with van der Waals surface area (Å²) < 4.78 is 1.76. The van der Waals surface area contributed by atoms with Gasteiger partial charge in [-0.15, -0.1) is 0 Å². The maximum atomic E-state index is 12.0. The van der Waals surface area contributed by atoms with Gasteiger partial charge in [0.25, 0.3) is 0 Å². The molecule has 0 spiro atoms. The molecule has 0 aliphatic heterocycles. The van der Waals surface area contributed by atoms with E-state index in [2.05, 4.69) is 5.16 Å². The van der Waals surface area contributed by atoms with E-state index < -0.39 is 0 Å². The van der Waals surface area contributed by atoms with Crippen LogP contribution in [0.25, 0.3) is 0 Å². The Balaban J connectivity index is 0.00000200. The first kappa shape index (κ1) is 16.3. The third-order valence-corrected chi connectivity index (χ3v) is 2.87. The zero-order valence-corrected chi connectivity index (χ0v) is 12.8. The average molecular weight is 356 g/mol. The molecule has 6 heteroatoms. The number of hydrogen-bond donors (Lipinski definition) is 1. The van der Waals surface area contributed by atoms with E-state index in [9.17, 15) is 4.79 Å². The van der Waals surface area contributed by atoms with Gasteiger partial charge in [-0.3, -0.25) is 4.79 Å². The lowest BCUT2D eigenvalue weighted by Crippen LogP contribution is -3.00. The average Bonchev–Trinajstić information content (AvgIpc) is 2.42. The second kappa shape index (κ2) is 7.77. The van der Waals surface area contributed by atoms with Gasteiger partial charge in [0, 0.05) is 28.3 Å². The summed E-state index contributed by atoms with van der Waals surface area (Å²) in [7, 11) is 0. The summed E-state index contributed by atoms with van der Waals surface area (Å²) in [6.07, 6.45) is 4.83. The Hall–Kier alpha value is -1.72. The Morgan fingerprint density at radius 2 is 1.80 bits per heavy atom. The molecule has 0 amide bonds. The topological polar surface area (TPSA) is 53.5 Å². The number of carbonyl (C=O) groups excluding carboxylic acids is 1. The number of hydrogen-bond acceptors (Lipinski definition) is 3. The van der Waals surface area contributed by atoms with Crippen molar-refractivity contribution < 1.29 is 31.6 Å². The first-order valence-electron chi connectivity index (χ1n) is 5.64. The number of aromatic nitrogens is 1. The fourth-order valence-corrected chi connectivity index (χ4v) is 1.75. The van der Waals surface area contributed by atoms with Crippen LogP contribution < -0.4 is 21.5 Å². The van der Waals surface area contributed by atoms with Crippen LogP contribution in [0.15, 0.2) is 53.9 Å². The SMILES string of the molecule is O=C(C[n+]1ccc(C=NO)cc1)c1ccc(Cl)cc1.[Br-]. The predicted octanol–water partition coefficient (Wildman–Crippen LogP) is -0.678. The van der Waals surface area contributed by atoms with Crippen LogP contribution >= 0.6 is 11.6 Å². The number of pyridine rings is 1. The Morgan fingerprint density at radius 1 is 1.20 bits per heavy atom. The maximum Gasteiger partial charge on any atom is 0.227 e. The number of ketones is 1. The molecular formula is C14H12BrClN2O2. The van der Waals surface area contributed by atoms with Gasteiger partial charge in [0.2, 0.25) is 12.3 Å². The van der Waals surface area contributed by atoms with Gasteiger partial charge in [-0.25, -0.2) is 0 Å². The van der Waals surface area contributed by atoms with Gasteiger partial charge < -0.3 is 22.2 Å². The molecule has 1 heterocycles. The molecule has 1 aromatic heterocycles. The van der Waals surface area contributed by atoms with E-state index >= 15 is 0 Å². The van der Waals surface area contributed by atoms with Crippen molar-refractivity contribution >= 4 is 23.6 Å². The first-order chi connectivity index (χ1) is 9.19. The molecule has 0 aliphatic carbocycles. The van der Waals surface area contributed by atoms with Crippen LogP contribution in [0.1, 0.15) is 15.9 Å². The van der Waals surface area contributed by atoms with E-state index in [1.54, 1.807) is 53.4 Å². The highest BCUT2D eigenvalue weighted by Gasteiger charge is 2.11. The minimum Gasteiger partial charge on any atom is -1.00 e. The summed E-state index contributed by atoms with van der Waals surface area (Å²) in [6, 6.07) is 10.3. The van der Waals surface area contributed by atoms with Crippen molar-refractivity contribution in [3.05, 3.63) is 64.9 Å². The van der Waals surface area contributed by atoms with Crippen molar-refractivity contribution in [2.24, 2.45) is 5.16 Å². The molecule has 20 heavy (non-hydrogen) atoms. The van der Waals surface area contributed by atoms with E-state index in [-0.39, 0.29) is 29.3 Å². The largest absolute Gasteiger partial charge is 1.00 e. The molecule has 1 N–H and O–H groups in total. The van der Waals surface area contributed by atoms with Crippen molar-refractivity contribution in [3.63, 3.8) is 0 Å². The molecule has 0 radical (unpaired) electrons. The number of carbonyl (C=O) groups is 1. The number of rotatable bonds is 4. The fourth-order valence-electron chi connectivity index (χ4n) is 1.62. The Labute approximate surface area is 132 Å². The molecule has 2 aromatic rings. The second-order valence-corrected chi connectivity index (χ2v) is 4.41. The van der Waals surface area contributed by atoms with E-state index in [0.29, 0.717) is 10.6 Å². The molecule has 104 valence electrons. The lowest BCUT2D eigenvalue weighted by molar-refractivity contribution is -0.683. The van der Waals surface area contributed by atoms with Crippen LogP contribution in [0, 0.1) is 0 Å². The molecule has 0 unspecified atom stereocenters. The number of halogens is 2. The van der Waals surface area contributed by atoms with Crippen LogP contribution in [-0.2, 0) is 6.54 Å². The number of benzene rings is 1. The Kier molecular flexibility index (Phi) is 6.35. The van der Waals surface area contributed by atoms with Gasteiger partial charge in [0.15, 0.2) is 12.4 Å². The predicted molar refractivity (Wildman–Crippen MR) is 71.8 cm³/mol. The molecule has 0 fully saturated rings. The molecule has 0 saturated heterocycles. The normalized spacial score (nSPS) is 10.2. The minimum atomic E-state index is 0. The van der Waals surface area contributed by atoms with Crippen LogP contribution in [0.5, 0.6) is 0 Å². The molecule has 4 nitrogen and oxygen atoms in total. The van der Waals surface area contributed by atoms with Gasteiger partial charge in [0.05, 0.1) is 6.21 Å². The van der Waals surface area contributed by atoms with Crippen LogP contribution in [0.3, 0.4) is 0 Å². The van der Waals surface area contributed by atoms with Crippen molar-refractivity contribution in [1.29, 1.82) is 0 Å². The second-order valence-electron chi connectivity index (χ2n) is 3.98. The van der Waals surface area contributed by atoms with Gasteiger partial charge in [-0.05, 0) is 24.3 Å². The van der Waals surface area contributed by atoms with E-state index in [1.807, 2.05) is 0 Å². The van der Waals surface area contributed by atoms with Crippen LogP contribution in [-0.4, -0.2) is 17.2 Å². The fraction of sp³-hybridized carbons (Fsp3) is 0.0714. The van der Waals surface area contributed by atoms with Gasteiger partial charge in [-0.1, -0.05) is 16.8 Å². The van der Waals surface area contributed by atoms with Crippen molar-refractivity contribution in [3.8, 4) is 0 Å². The number of oxime groups is 1. The molecule has 0 aliphatic rings. The smallest absolute Gasteiger partial charge is 0.227 e. The highest BCUT2D eigenvalue weighted by atomic mass is 79.9. The molecular weight excluding hydrogens is 344 g/mol. The molecule has 0 atom stereocenters. The number of nitrogens with zero attached hydrogens (tertiary/aromatic N) is 2. The Morgan fingerprint density at radius 3 is 2.35 bits per heavy atom. The third kappa shape index (κ3) is 4.43. The van der Waals surface area contributed by atoms with Crippen molar-refractivity contribution in [2.45, 2.75) is 6.54 Å². The summed E-state index contributed by atoms with van der Waals surface area (Å²) in [5.41, 5.74) is 1.38. The standard InChI is InChI=1S/C14H11ClN2O2.BrH/c15-13-3-1-12(2-4-13)14(18)10-17-7-5-11(6-8-17)9-16-19;/h1-9H,10H2;1H. The van der Waals surface area contributed by atoms with Gasteiger partial charge in [-0.2, -0.15) is 4.57 Å². The molecule has 0 bridgehead atoms. The first-order valence-corrected chi connectivity index (χ1v) is 6.02. The summed E-state index contributed by atoms with van der Waals surface area (Å²) in [6.45, 7) is 0.248. The summed E-state index contributed by atoms with van der Waals surface area (Å²) in [5.74, 6) is 0.00485. The highest BCUT2D eigenvalue weighted by Crippen LogP contribution is 2.09. The maximum absolute atomic E-state index is 12.0. The summed E-state index contributed by atoms with van der Waals surface area (Å²) >= 11 is 5.77. The van der Waals surface area contributed by atoms with Crippen molar-refractivity contribution in [1.82, 2.24) is 0 Å². The van der Waals surface area contributed by atoms with E-state index in [0.717, 1.165) is 5.56 Å². The van der Waals surface area contributed by atoms with Gasteiger partial charge >= 0.3 is 0 Å². The Bertz CT molecular complexity index is 598.